The molecule has 9 heteroatoms. The maximum atomic E-state index is 12.4. The number of ether oxygens (including phenoxy) is 1. The summed E-state index contributed by atoms with van der Waals surface area (Å²) in [6.07, 6.45) is 6.01. The number of hydrogen-bond acceptors (Lipinski definition) is 7. The number of amides is 1. The molecule has 0 radical (unpaired) electrons. The molecule has 3 heterocycles. The molecule has 1 saturated heterocycles. The number of rotatable bonds is 9. The fraction of sp³-hybridized carbons (Fsp3) is 0.417. The predicted molar refractivity (Wildman–Crippen MR) is 131 cm³/mol. The SMILES string of the molecule is COCCCNC(=O)C1CCN(c2nccc3nc(NCc4ccccc4Cl)ncc23)CC1. The molecule has 174 valence electrons. The zero-order valence-electron chi connectivity index (χ0n) is 18.8. The molecule has 33 heavy (non-hydrogen) atoms. The topological polar surface area (TPSA) is 92.3 Å². The second-order valence-corrected chi connectivity index (χ2v) is 8.51. The van der Waals surface area contributed by atoms with Crippen molar-refractivity contribution in [2.75, 3.05) is 43.6 Å². The number of fused-ring (bicyclic) bond motifs is 1. The van der Waals surface area contributed by atoms with E-state index in [1.54, 1.807) is 13.3 Å². The van der Waals surface area contributed by atoms with Gasteiger partial charge in [0, 0.05) is 63.2 Å². The molecule has 3 aromatic rings. The number of halogens is 1. The number of pyridine rings is 1. The molecule has 0 atom stereocenters. The van der Waals surface area contributed by atoms with Crippen LogP contribution < -0.4 is 15.5 Å². The number of aromatic nitrogens is 3. The largest absolute Gasteiger partial charge is 0.385 e. The molecule has 0 saturated carbocycles. The van der Waals surface area contributed by atoms with Crippen LogP contribution in [0.2, 0.25) is 5.02 Å². The van der Waals surface area contributed by atoms with Crippen LogP contribution in [0.15, 0.2) is 42.7 Å². The summed E-state index contributed by atoms with van der Waals surface area (Å²) in [4.78, 5) is 28.4. The lowest BCUT2D eigenvalue weighted by Crippen LogP contribution is -2.41. The molecule has 1 fully saturated rings. The zero-order valence-corrected chi connectivity index (χ0v) is 19.5. The Morgan fingerprint density at radius 2 is 2.03 bits per heavy atom. The van der Waals surface area contributed by atoms with Gasteiger partial charge >= 0.3 is 0 Å². The first-order valence-electron chi connectivity index (χ1n) is 11.3. The first kappa shape index (κ1) is 23.2. The summed E-state index contributed by atoms with van der Waals surface area (Å²) < 4.78 is 5.03. The second kappa shape index (κ2) is 11.2. The minimum atomic E-state index is 0.0376. The highest BCUT2D eigenvalue weighted by Crippen LogP contribution is 2.28. The zero-order chi connectivity index (χ0) is 23.0. The molecular weight excluding hydrogens is 440 g/mol. The summed E-state index contributed by atoms with van der Waals surface area (Å²) in [5.74, 6) is 1.58. The van der Waals surface area contributed by atoms with Crippen molar-refractivity contribution in [1.82, 2.24) is 20.3 Å². The van der Waals surface area contributed by atoms with E-state index in [1.165, 1.54) is 0 Å². The van der Waals surface area contributed by atoms with Crippen LogP contribution in [0.25, 0.3) is 10.9 Å². The van der Waals surface area contributed by atoms with Gasteiger partial charge in [-0.3, -0.25) is 4.79 Å². The quantitative estimate of drug-likeness (QED) is 0.463. The van der Waals surface area contributed by atoms with Crippen molar-refractivity contribution in [1.29, 1.82) is 0 Å². The van der Waals surface area contributed by atoms with Gasteiger partial charge in [-0.25, -0.2) is 15.0 Å². The smallest absolute Gasteiger partial charge is 0.223 e. The van der Waals surface area contributed by atoms with E-state index in [4.69, 9.17) is 16.3 Å². The molecule has 2 N–H and O–H groups in total. The van der Waals surface area contributed by atoms with E-state index in [0.717, 1.165) is 54.6 Å². The summed E-state index contributed by atoms with van der Waals surface area (Å²) in [5, 5.41) is 7.88. The van der Waals surface area contributed by atoms with Gasteiger partial charge in [-0.05, 0) is 37.0 Å². The lowest BCUT2D eigenvalue weighted by Gasteiger charge is -2.32. The van der Waals surface area contributed by atoms with Crippen molar-refractivity contribution >= 4 is 40.2 Å². The highest BCUT2D eigenvalue weighted by molar-refractivity contribution is 6.31. The van der Waals surface area contributed by atoms with Crippen molar-refractivity contribution < 1.29 is 9.53 Å². The van der Waals surface area contributed by atoms with Gasteiger partial charge in [0.1, 0.15) is 5.82 Å². The van der Waals surface area contributed by atoms with Crippen molar-refractivity contribution in [3.63, 3.8) is 0 Å². The Hall–Kier alpha value is -2.97. The van der Waals surface area contributed by atoms with Crippen LogP contribution in [0.3, 0.4) is 0 Å². The molecular formula is C24H29ClN6O2. The van der Waals surface area contributed by atoms with Gasteiger partial charge in [-0.15, -0.1) is 0 Å². The summed E-state index contributed by atoms with van der Waals surface area (Å²) in [6, 6.07) is 9.59. The van der Waals surface area contributed by atoms with Crippen LogP contribution >= 0.6 is 11.6 Å². The number of nitrogens with one attached hydrogen (secondary N) is 2. The number of carbonyl (C=O) groups is 1. The fourth-order valence-corrected chi connectivity index (χ4v) is 4.22. The Kier molecular flexibility index (Phi) is 7.91. The van der Waals surface area contributed by atoms with E-state index in [1.807, 2.05) is 36.5 Å². The van der Waals surface area contributed by atoms with E-state index < -0.39 is 0 Å². The summed E-state index contributed by atoms with van der Waals surface area (Å²) in [5.41, 5.74) is 1.82. The summed E-state index contributed by atoms with van der Waals surface area (Å²) in [7, 11) is 1.67. The first-order valence-corrected chi connectivity index (χ1v) is 11.6. The van der Waals surface area contributed by atoms with Gasteiger partial charge < -0.3 is 20.3 Å². The number of piperidine rings is 1. The van der Waals surface area contributed by atoms with Gasteiger partial charge in [0.15, 0.2) is 0 Å². The summed E-state index contributed by atoms with van der Waals surface area (Å²) in [6.45, 7) is 3.40. The molecule has 2 aromatic heterocycles. The standard InChI is InChI=1S/C24H29ClN6O2/c1-33-14-4-10-27-23(32)17-8-12-31(13-9-17)22-19-16-29-24(30-21(19)7-11-26-22)28-15-18-5-2-3-6-20(18)25/h2-3,5-7,11,16-17H,4,8-10,12-15H2,1H3,(H,27,32)(H,28,29,30). The lowest BCUT2D eigenvalue weighted by molar-refractivity contribution is -0.125. The number of methoxy groups -OCH3 is 1. The van der Waals surface area contributed by atoms with Crippen LogP contribution in [0.1, 0.15) is 24.8 Å². The van der Waals surface area contributed by atoms with Gasteiger partial charge in [-0.2, -0.15) is 0 Å². The Balaban J connectivity index is 1.38. The second-order valence-electron chi connectivity index (χ2n) is 8.10. The molecule has 0 spiro atoms. The van der Waals surface area contributed by atoms with E-state index in [0.29, 0.717) is 30.7 Å². The maximum Gasteiger partial charge on any atom is 0.223 e. The fourth-order valence-electron chi connectivity index (χ4n) is 4.02. The highest BCUT2D eigenvalue weighted by Gasteiger charge is 2.26. The van der Waals surface area contributed by atoms with Crippen LogP contribution in [-0.2, 0) is 16.1 Å². The predicted octanol–water partition coefficient (Wildman–Crippen LogP) is 3.66. The average Bonchev–Trinajstić information content (AvgIpc) is 2.85. The molecule has 1 aliphatic rings. The molecule has 1 aromatic carbocycles. The number of carbonyl (C=O) groups excluding carboxylic acids is 1. The third-order valence-electron chi connectivity index (χ3n) is 5.87. The van der Waals surface area contributed by atoms with Crippen LogP contribution in [0, 0.1) is 5.92 Å². The number of hydrogen-bond donors (Lipinski definition) is 2. The monoisotopic (exact) mass is 468 g/mol. The minimum Gasteiger partial charge on any atom is -0.385 e. The van der Waals surface area contributed by atoms with E-state index in [2.05, 4.69) is 30.5 Å². The minimum absolute atomic E-state index is 0.0376. The molecule has 8 nitrogen and oxygen atoms in total. The molecule has 1 amide bonds. The normalized spacial score (nSPS) is 14.4. The molecule has 0 unspecified atom stereocenters. The lowest BCUT2D eigenvalue weighted by atomic mass is 9.95. The molecule has 4 rings (SSSR count). The molecule has 1 aliphatic heterocycles. The van der Waals surface area contributed by atoms with Gasteiger partial charge in [-0.1, -0.05) is 29.8 Å². The van der Waals surface area contributed by atoms with Crippen molar-refractivity contribution in [2.24, 2.45) is 5.92 Å². The third-order valence-corrected chi connectivity index (χ3v) is 6.24. The molecule has 0 bridgehead atoms. The van der Waals surface area contributed by atoms with Gasteiger partial charge in [0.2, 0.25) is 11.9 Å². The number of anilines is 2. The Morgan fingerprint density at radius 3 is 2.82 bits per heavy atom. The van der Waals surface area contributed by atoms with Crippen molar-refractivity contribution in [3.05, 3.63) is 53.3 Å². The number of nitrogens with zero attached hydrogens (tertiary/aromatic N) is 4. The van der Waals surface area contributed by atoms with Crippen molar-refractivity contribution in [2.45, 2.75) is 25.8 Å². The Labute approximate surface area is 198 Å². The Bertz CT molecular complexity index is 1090. The van der Waals surface area contributed by atoms with E-state index in [-0.39, 0.29) is 11.8 Å². The van der Waals surface area contributed by atoms with Gasteiger partial charge in [0.05, 0.1) is 10.9 Å². The van der Waals surface area contributed by atoms with Crippen LogP contribution in [0.5, 0.6) is 0 Å². The Morgan fingerprint density at radius 1 is 1.21 bits per heavy atom. The van der Waals surface area contributed by atoms with Crippen molar-refractivity contribution in [3.8, 4) is 0 Å². The van der Waals surface area contributed by atoms with Crippen LogP contribution in [-0.4, -0.2) is 54.2 Å². The van der Waals surface area contributed by atoms with Crippen LogP contribution in [0.4, 0.5) is 11.8 Å². The molecule has 0 aliphatic carbocycles. The third kappa shape index (κ3) is 5.89. The average molecular weight is 469 g/mol. The maximum absolute atomic E-state index is 12.4. The van der Waals surface area contributed by atoms with Gasteiger partial charge in [0.25, 0.3) is 0 Å². The highest BCUT2D eigenvalue weighted by atomic mass is 35.5. The van der Waals surface area contributed by atoms with E-state index >= 15 is 0 Å². The number of benzene rings is 1. The first-order chi connectivity index (χ1) is 16.2. The van der Waals surface area contributed by atoms with E-state index in [9.17, 15) is 4.79 Å². The summed E-state index contributed by atoms with van der Waals surface area (Å²) >= 11 is 6.24.